The SMILES string of the molecule is CCCCCCOC(=O)CCC(=O)OCc1cc(F)c(F)c(F)c1F. The van der Waals surface area contributed by atoms with Gasteiger partial charge in [-0.3, -0.25) is 9.59 Å². The molecule has 0 aromatic heterocycles. The molecule has 0 fully saturated rings. The van der Waals surface area contributed by atoms with Gasteiger partial charge in [0.1, 0.15) is 6.61 Å². The highest BCUT2D eigenvalue weighted by Gasteiger charge is 2.19. The number of carbonyl (C=O) groups excluding carboxylic acids is 2. The van der Waals surface area contributed by atoms with Crippen LogP contribution in [0.3, 0.4) is 0 Å². The first kappa shape index (κ1) is 20.9. The van der Waals surface area contributed by atoms with E-state index in [1.165, 1.54) is 0 Å². The molecule has 1 rings (SSSR count). The summed E-state index contributed by atoms with van der Waals surface area (Å²) in [7, 11) is 0. The van der Waals surface area contributed by atoms with Gasteiger partial charge in [-0.05, 0) is 12.5 Å². The van der Waals surface area contributed by atoms with E-state index in [2.05, 4.69) is 11.7 Å². The van der Waals surface area contributed by atoms with Crippen LogP contribution < -0.4 is 0 Å². The zero-order chi connectivity index (χ0) is 18.8. The van der Waals surface area contributed by atoms with Gasteiger partial charge in [-0.1, -0.05) is 26.2 Å². The Morgan fingerprint density at radius 3 is 2.16 bits per heavy atom. The molecular formula is C17H20F4O4. The summed E-state index contributed by atoms with van der Waals surface area (Å²) in [6.45, 7) is 1.55. The Labute approximate surface area is 143 Å². The maximum Gasteiger partial charge on any atom is 0.306 e. The predicted molar refractivity (Wildman–Crippen MR) is 80.4 cm³/mol. The van der Waals surface area contributed by atoms with Gasteiger partial charge in [0.25, 0.3) is 0 Å². The zero-order valence-corrected chi connectivity index (χ0v) is 13.9. The Hall–Kier alpha value is -2.12. The highest BCUT2D eigenvalue weighted by molar-refractivity contribution is 5.77. The van der Waals surface area contributed by atoms with Gasteiger partial charge < -0.3 is 9.47 Å². The molecule has 0 aliphatic heterocycles. The Kier molecular flexibility index (Phi) is 8.94. The van der Waals surface area contributed by atoms with Crippen LogP contribution in [0.1, 0.15) is 51.0 Å². The average Bonchev–Trinajstić information content (AvgIpc) is 2.59. The quantitative estimate of drug-likeness (QED) is 0.205. The van der Waals surface area contributed by atoms with Gasteiger partial charge in [-0.15, -0.1) is 0 Å². The third-order valence-electron chi connectivity index (χ3n) is 3.36. The largest absolute Gasteiger partial charge is 0.466 e. The monoisotopic (exact) mass is 364 g/mol. The van der Waals surface area contributed by atoms with Crippen molar-refractivity contribution in [3.63, 3.8) is 0 Å². The summed E-state index contributed by atoms with van der Waals surface area (Å²) in [6, 6.07) is 0.408. The van der Waals surface area contributed by atoms with E-state index in [-0.39, 0.29) is 19.4 Å². The lowest BCUT2D eigenvalue weighted by Gasteiger charge is -2.08. The lowest BCUT2D eigenvalue weighted by molar-refractivity contribution is -0.151. The maximum atomic E-state index is 13.4. The smallest absolute Gasteiger partial charge is 0.306 e. The van der Waals surface area contributed by atoms with Crippen molar-refractivity contribution in [2.45, 2.75) is 52.1 Å². The third kappa shape index (κ3) is 7.11. The fourth-order valence-corrected chi connectivity index (χ4v) is 1.95. The number of carbonyl (C=O) groups is 2. The maximum absolute atomic E-state index is 13.4. The van der Waals surface area contributed by atoms with Crippen LogP contribution in [-0.2, 0) is 25.7 Å². The first-order valence-corrected chi connectivity index (χ1v) is 7.99. The molecule has 8 heteroatoms. The highest BCUT2D eigenvalue weighted by Crippen LogP contribution is 2.19. The number of hydrogen-bond acceptors (Lipinski definition) is 4. The molecule has 0 aliphatic rings. The van der Waals surface area contributed by atoms with Crippen molar-refractivity contribution in [1.29, 1.82) is 0 Å². The van der Waals surface area contributed by atoms with Crippen molar-refractivity contribution in [3.05, 3.63) is 34.9 Å². The van der Waals surface area contributed by atoms with E-state index >= 15 is 0 Å². The van der Waals surface area contributed by atoms with Crippen LogP contribution in [0.5, 0.6) is 0 Å². The number of rotatable bonds is 10. The fourth-order valence-electron chi connectivity index (χ4n) is 1.95. The van der Waals surface area contributed by atoms with E-state index in [1.54, 1.807) is 0 Å². The molecule has 140 valence electrons. The minimum Gasteiger partial charge on any atom is -0.466 e. The van der Waals surface area contributed by atoms with Gasteiger partial charge in [0, 0.05) is 5.56 Å². The number of benzene rings is 1. The van der Waals surface area contributed by atoms with E-state index in [1.807, 2.05) is 0 Å². The summed E-state index contributed by atoms with van der Waals surface area (Å²) in [6.07, 6.45) is 3.25. The first-order chi connectivity index (χ1) is 11.9. The molecule has 0 amide bonds. The van der Waals surface area contributed by atoms with Crippen LogP contribution >= 0.6 is 0 Å². The Morgan fingerprint density at radius 2 is 1.52 bits per heavy atom. The van der Waals surface area contributed by atoms with Crippen molar-refractivity contribution < 1.29 is 36.6 Å². The van der Waals surface area contributed by atoms with Crippen LogP contribution in [0.2, 0.25) is 0 Å². The summed E-state index contributed by atoms with van der Waals surface area (Å²) in [5.74, 6) is -8.56. The van der Waals surface area contributed by atoms with Gasteiger partial charge in [0.2, 0.25) is 0 Å². The minimum absolute atomic E-state index is 0.221. The number of esters is 2. The number of halogens is 4. The van der Waals surface area contributed by atoms with Crippen molar-refractivity contribution in [3.8, 4) is 0 Å². The molecular weight excluding hydrogens is 344 g/mol. The van der Waals surface area contributed by atoms with Crippen LogP contribution in [0.15, 0.2) is 6.07 Å². The molecule has 0 unspecified atom stereocenters. The second kappa shape index (κ2) is 10.7. The summed E-state index contributed by atoms with van der Waals surface area (Å²) in [4.78, 5) is 22.9. The lowest BCUT2D eigenvalue weighted by atomic mass is 10.2. The second-order valence-corrected chi connectivity index (χ2v) is 5.40. The van der Waals surface area contributed by atoms with Crippen molar-refractivity contribution in [2.24, 2.45) is 0 Å². The molecule has 25 heavy (non-hydrogen) atoms. The topological polar surface area (TPSA) is 52.6 Å². The summed E-state index contributed by atoms with van der Waals surface area (Å²) in [5, 5.41) is 0. The number of unbranched alkanes of at least 4 members (excludes halogenated alkanes) is 3. The number of hydrogen-bond donors (Lipinski definition) is 0. The molecule has 4 nitrogen and oxygen atoms in total. The Morgan fingerprint density at radius 1 is 0.880 bits per heavy atom. The summed E-state index contributed by atoms with van der Waals surface area (Å²) in [5.41, 5.74) is -0.636. The summed E-state index contributed by atoms with van der Waals surface area (Å²) >= 11 is 0. The molecule has 0 saturated heterocycles. The molecule has 0 heterocycles. The molecule has 1 aromatic rings. The van der Waals surface area contributed by atoms with Crippen LogP contribution in [-0.4, -0.2) is 18.5 Å². The van der Waals surface area contributed by atoms with E-state index in [9.17, 15) is 27.2 Å². The van der Waals surface area contributed by atoms with E-state index in [0.29, 0.717) is 6.07 Å². The molecule has 0 atom stereocenters. The number of ether oxygens (including phenoxy) is 2. The highest BCUT2D eigenvalue weighted by atomic mass is 19.2. The molecule has 0 saturated carbocycles. The zero-order valence-electron chi connectivity index (χ0n) is 13.9. The molecule has 0 N–H and O–H groups in total. The van der Waals surface area contributed by atoms with Gasteiger partial charge in [-0.2, -0.15) is 0 Å². The van der Waals surface area contributed by atoms with E-state index < -0.39 is 47.4 Å². The third-order valence-corrected chi connectivity index (χ3v) is 3.36. The average molecular weight is 364 g/mol. The minimum atomic E-state index is -1.97. The van der Waals surface area contributed by atoms with Gasteiger partial charge in [0.15, 0.2) is 23.3 Å². The molecule has 0 radical (unpaired) electrons. The van der Waals surface area contributed by atoms with Crippen molar-refractivity contribution in [2.75, 3.05) is 6.61 Å². The van der Waals surface area contributed by atoms with Crippen LogP contribution in [0.4, 0.5) is 17.6 Å². The summed E-state index contributed by atoms with van der Waals surface area (Å²) < 4.78 is 61.8. The molecule has 0 bridgehead atoms. The fraction of sp³-hybridized carbons (Fsp3) is 0.529. The lowest BCUT2D eigenvalue weighted by Crippen LogP contribution is -2.12. The molecule has 1 aromatic carbocycles. The van der Waals surface area contributed by atoms with E-state index in [4.69, 9.17) is 4.74 Å². The molecule has 0 spiro atoms. The first-order valence-electron chi connectivity index (χ1n) is 7.99. The van der Waals surface area contributed by atoms with Gasteiger partial charge in [0.05, 0.1) is 19.4 Å². The van der Waals surface area contributed by atoms with Gasteiger partial charge >= 0.3 is 11.9 Å². The van der Waals surface area contributed by atoms with E-state index in [0.717, 1.165) is 25.7 Å². The van der Waals surface area contributed by atoms with Crippen molar-refractivity contribution in [1.82, 2.24) is 0 Å². The van der Waals surface area contributed by atoms with Gasteiger partial charge in [-0.25, -0.2) is 17.6 Å². The Bertz CT molecular complexity index is 605. The van der Waals surface area contributed by atoms with Crippen LogP contribution in [0, 0.1) is 23.3 Å². The van der Waals surface area contributed by atoms with Crippen LogP contribution in [0.25, 0.3) is 0 Å². The van der Waals surface area contributed by atoms with Crippen molar-refractivity contribution >= 4 is 11.9 Å². The normalized spacial score (nSPS) is 10.6. The second-order valence-electron chi connectivity index (χ2n) is 5.40. The predicted octanol–water partition coefficient (Wildman–Crippen LogP) is 4.19. The Balaban J connectivity index is 2.33. The standard InChI is InChI=1S/C17H20F4O4/c1-2-3-4-5-8-24-13(22)6-7-14(23)25-10-11-9-12(18)16(20)17(21)15(11)19/h9H,2-8,10H2,1H3. The molecule has 0 aliphatic carbocycles.